The first-order valence-corrected chi connectivity index (χ1v) is 25.4. The number of hydrogen-bond donors (Lipinski definition) is 2. The fourth-order valence-electron chi connectivity index (χ4n) is 11.4. The summed E-state index contributed by atoms with van der Waals surface area (Å²) in [6.07, 6.45) is 23.9. The number of carbonyl (C=O) groups excluding carboxylic acids is 3. The van der Waals surface area contributed by atoms with Gasteiger partial charge < -0.3 is 25.6 Å². The Morgan fingerprint density at radius 1 is 0.672 bits per heavy atom. The number of hydrogen-bond acceptors (Lipinski definition) is 9. The minimum atomic E-state index is -0.714. The smallest absolute Gasteiger partial charge is 0.408 e. The van der Waals surface area contributed by atoms with Crippen LogP contribution in [0.5, 0.6) is 0 Å². The summed E-state index contributed by atoms with van der Waals surface area (Å²) < 4.78 is 9.42. The van der Waals surface area contributed by atoms with Crippen LogP contribution in [0.25, 0.3) is 0 Å². The molecule has 2 aromatic heterocycles. The third-order valence-corrected chi connectivity index (χ3v) is 15.5. The lowest BCUT2D eigenvalue weighted by molar-refractivity contribution is -0.137. The third-order valence-electron chi connectivity index (χ3n) is 15.0. The maximum Gasteiger partial charge on any atom is 0.408 e. The van der Waals surface area contributed by atoms with E-state index in [1.165, 1.54) is 64.2 Å². The predicted molar refractivity (Wildman–Crippen MR) is 261 cm³/mol. The van der Waals surface area contributed by atoms with E-state index in [2.05, 4.69) is 25.5 Å². The fourth-order valence-corrected chi connectivity index (χ4v) is 11.6. The van der Waals surface area contributed by atoms with Crippen LogP contribution >= 0.6 is 23.2 Å². The van der Waals surface area contributed by atoms with Crippen molar-refractivity contribution in [3.05, 3.63) is 95.0 Å². The Labute approximate surface area is 407 Å². The summed E-state index contributed by atoms with van der Waals surface area (Å²) in [7, 11) is 0. The van der Waals surface area contributed by atoms with E-state index in [4.69, 9.17) is 33.7 Å². The number of amides is 3. The molecule has 3 N–H and O–H groups in total. The number of ether oxygens (including phenoxy) is 1. The average Bonchev–Trinajstić information content (AvgIpc) is 4.05. The van der Waals surface area contributed by atoms with Gasteiger partial charge in [0, 0.05) is 55.7 Å². The average molecular weight is 960 g/mol. The number of nitrogens with two attached hydrogens (primary N) is 1. The molecule has 67 heavy (non-hydrogen) atoms. The predicted octanol–water partition coefficient (Wildman–Crippen LogP) is 8.95. The largest absolute Gasteiger partial charge is 0.444 e. The molecule has 14 nitrogen and oxygen atoms in total. The zero-order valence-electron chi connectivity index (χ0n) is 39.8. The van der Waals surface area contributed by atoms with Crippen LogP contribution < -0.4 is 11.1 Å². The fraction of sp³-hybridized carbons (Fsp3) is 0.627. The highest BCUT2D eigenvalue weighted by molar-refractivity contribution is 6.30. The summed E-state index contributed by atoms with van der Waals surface area (Å²) in [5, 5.41) is 13.0. The number of rotatable bonds is 13. The van der Waals surface area contributed by atoms with E-state index >= 15 is 0 Å². The second-order valence-electron chi connectivity index (χ2n) is 20.7. The Kier molecular flexibility index (Phi) is 17.4. The van der Waals surface area contributed by atoms with Crippen LogP contribution in [-0.2, 0) is 40.3 Å². The van der Waals surface area contributed by atoms with Gasteiger partial charge in [-0.25, -0.2) is 14.8 Å². The van der Waals surface area contributed by atoms with E-state index in [0.717, 1.165) is 63.0 Å². The number of halogens is 2. The minimum Gasteiger partial charge on any atom is -0.444 e. The molecule has 2 saturated carbocycles. The van der Waals surface area contributed by atoms with Gasteiger partial charge in [0.1, 0.15) is 37.0 Å². The van der Waals surface area contributed by atoms with E-state index < -0.39 is 23.8 Å². The lowest BCUT2D eigenvalue weighted by atomic mass is 9.63. The van der Waals surface area contributed by atoms with Crippen LogP contribution in [0.2, 0.25) is 10.0 Å². The molecule has 4 aromatic rings. The van der Waals surface area contributed by atoms with Crippen molar-refractivity contribution in [2.75, 3.05) is 26.2 Å². The highest BCUT2D eigenvalue weighted by Crippen LogP contribution is 2.48. The van der Waals surface area contributed by atoms with Gasteiger partial charge in [-0.2, -0.15) is 10.2 Å². The summed E-state index contributed by atoms with van der Waals surface area (Å²) in [6.45, 7) is 10.1. The number of benzene rings is 2. The Hall–Kier alpha value is -4.53. The van der Waals surface area contributed by atoms with E-state index in [0.29, 0.717) is 47.8 Å². The molecule has 2 aliphatic heterocycles. The SMILES string of the molecule is CC(C)(C)OC(=O)NC(Cc1ccc(Cl)cc1)C(=O)N1CCC(Cn2cncn2)(C2CCCCC2)CC1.NC(Cc1ccc(Cl)cc1)C(=O)N1CCC(Cn2cncn2)(C2CCCCC2)CC1. The Balaban J connectivity index is 0.000000203. The lowest BCUT2D eigenvalue weighted by Gasteiger charge is -2.48. The normalized spacial score (nSPS) is 20.0. The monoisotopic (exact) mass is 959 g/mol. The van der Waals surface area contributed by atoms with E-state index in [9.17, 15) is 14.4 Å². The first-order chi connectivity index (χ1) is 32.2. The van der Waals surface area contributed by atoms with Gasteiger partial charge in [0.15, 0.2) is 0 Å². The first kappa shape index (κ1) is 50.3. The van der Waals surface area contributed by atoms with Gasteiger partial charge in [-0.15, -0.1) is 0 Å². The van der Waals surface area contributed by atoms with Crippen molar-refractivity contribution < 1.29 is 19.1 Å². The molecule has 4 heterocycles. The number of nitrogens with one attached hydrogen (secondary N) is 1. The molecule has 2 aromatic carbocycles. The van der Waals surface area contributed by atoms with Crippen molar-refractivity contribution in [1.29, 1.82) is 0 Å². The van der Waals surface area contributed by atoms with E-state index in [1.807, 2.05) is 82.7 Å². The maximum atomic E-state index is 13.8. The van der Waals surface area contributed by atoms with E-state index in [-0.39, 0.29) is 22.6 Å². The molecule has 8 rings (SSSR count). The number of piperidine rings is 2. The molecule has 3 amide bonds. The van der Waals surface area contributed by atoms with Gasteiger partial charge in [-0.05, 0) is 137 Å². The van der Waals surface area contributed by atoms with Crippen LogP contribution in [0.1, 0.15) is 122 Å². The van der Waals surface area contributed by atoms with Gasteiger partial charge in [0.25, 0.3) is 0 Å². The first-order valence-electron chi connectivity index (χ1n) is 24.7. The molecule has 4 aliphatic rings. The summed E-state index contributed by atoms with van der Waals surface area (Å²) in [4.78, 5) is 51.6. The van der Waals surface area contributed by atoms with Crippen LogP contribution in [0.3, 0.4) is 0 Å². The third kappa shape index (κ3) is 14.0. The molecule has 0 spiro atoms. The molecule has 0 radical (unpaired) electrons. The Bertz CT molecular complexity index is 2140. The number of likely N-dealkylation sites (tertiary alicyclic amines) is 2. The zero-order valence-corrected chi connectivity index (χ0v) is 41.3. The molecule has 364 valence electrons. The second-order valence-corrected chi connectivity index (χ2v) is 21.6. The van der Waals surface area contributed by atoms with Crippen molar-refractivity contribution in [2.24, 2.45) is 28.4 Å². The van der Waals surface area contributed by atoms with Crippen LogP contribution in [0.4, 0.5) is 4.79 Å². The van der Waals surface area contributed by atoms with Gasteiger partial charge in [0.05, 0.1) is 6.04 Å². The summed E-state index contributed by atoms with van der Waals surface area (Å²) in [6, 6.07) is 13.7. The number of aromatic nitrogens is 6. The number of alkyl carbamates (subject to hydrolysis) is 1. The molecular weight excluding hydrogens is 888 g/mol. The highest BCUT2D eigenvalue weighted by Gasteiger charge is 2.45. The Morgan fingerprint density at radius 2 is 1.09 bits per heavy atom. The second kappa shape index (κ2) is 23.2. The molecule has 2 unspecified atom stereocenters. The summed E-state index contributed by atoms with van der Waals surface area (Å²) in [5.41, 5.74) is 7.92. The zero-order chi connectivity index (χ0) is 47.4. The number of nitrogens with zero attached hydrogens (tertiary/aromatic N) is 8. The standard InChI is InChI=1S/C28H40ClN5O3.C23H32ClN5O/c1-27(2,3)37-26(36)32-24(17-21-9-11-23(29)12-10-21)25(35)33-15-13-28(14-16-33,18-34-20-30-19-31-34)22-7-5-4-6-8-22;24-20-8-6-18(7-9-20)14-21(25)22(30)28-12-10-23(11-13-28,15-29-17-26-16-27-29)19-4-2-1-3-5-19/h9-12,19-20,22,24H,4-8,13-18H2,1-3H3,(H,32,36);6-9,16-17,19,21H,1-5,10-15,25H2. The minimum absolute atomic E-state index is 0.0583. The van der Waals surface area contributed by atoms with Crippen molar-refractivity contribution >= 4 is 41.1 Å². The highest BCUT2D eigenvalue weighted by atomic mass is 35.5. The van der Waals surface area contributed by atoms with Crippen molar-refractivity contribution in [2.45, 2.75) is 154 Å². The van der Waals surface area contributed by atoms with Gasteiger partial charge >= 0.3 is 6.09 Å². The molecule has 16 heteroatoms. The van der Waals surface area contributed by atoms with Gasteiger partial charge in [-0.3, -0.25) is 19.0 Å². The van der Waals surface area contributed by atoms with Crippen molar-refractivity contribution in [3.63, 3.8) is 0 Å². The topological polar surface area (TPSA) is 166 Å². The molecule has 0 bridgehead atoms. The molecule has 2 atom stereocenters. The molecule has 2 saturated heterocycles. The van der Waals surface area contributed by atoms with Gasteiger partial charge in [-0.1, -0.05) is 86.0 Å². The molecular formula is C51H72Cl2N10O4. The number of carbonyl (C=O) groups is 3. The Morgan fingerprint density at radius 3 is 1.49 bits per heavy atom. The van der Waals surface area contributed by atoms with Crippen LogP contribution in [0, 0.1) is 22.7 Å². The lowest BCUT2D eigenvalue weighted by Crippen LogP contribution is -2.55. The van der Waals surface area contributed by atoms with Crippen LogP contribution in [0.15, 0.2) is 73.8 Å². The summed E-state index contributed by atoms with van der Waals surface area (Å²) >= 11 is 12.0. The van der Waals surface area contributed by atoms with E-state index in [1.54, 1.807) is 31.1 Å². The van der Waals surface area contributed by atoms with Gasteiger partial charge in [0.2, 0.25) is 11.8 Å². The van der Waals surface area contributed by atoms with Crippen LogP contribution in [-0.4, -0.2) is 101 Å². The molecule has 2 aliphatic carbocycles. The van der Waals surface area contributed by atoms with Crippen molar-refractivity contribution in [3.8, 4) is 0 Å². The molecule has 4 fully saturated rings. The quantitative estimate of drug-likeness (QED) is 0.133. The summed E-state index contributed by atoms with van der Waals surface area (Å²) in [5.74, 6) is 1.32. The maximum absolute atomic E-state index is 13.8. The van der Waals surface area contributed by atoms with Crippen molar-refractivity contribution in [1.82, 2.24) is 44.6 Å².